The predicted molar refractivity (Wildman–Crippen MR) is 51.4 cm³/mol. The molecule has 0 spiro atoms. The van der Waals surface area contributed by atoms with Gasteiger partial charge in [-0.05, 0) is 13.0 Å². The van der Waals surface area contributed by atoms with E-state index < -0.39 is 6.09 Å². The van der Waals surface area contributed by atoms with Gasteiger partial charge in [0.15, 0.2) is 0 Å². The van der Waals surface area contributed by atoms with Crippen LogP contribution in [0.15, 0.2) is 0 Å². The maximum atomic E-state index is 11.2. The van der Waals surface area contributed by atoms with Crippen LogP contribution < -0.4 is 16.8 Å². The molecule has 0 radical (unpaired) electrons. The Bertz CT molecular complexity index is 196. The summed E-state index contributed by atoms with van der Waals surface area (Å²) in [4.78, 5) is 21.4. The largest absolute Gasteiger partial charge is 0.448 e. The molecule has 0 aliphatic rings. The standard InChI is InChI=1S/C8H17N3O3/c1-6(2-3-9)7(12)11-4-5-14-8(10)13/h6H,2-5,9H2,1H3,(H2,10,13)(H,11,12). The molecule has 0 fully saturated rings. The van der Waals surface area contributed by atoms with Gasteiger partial charge in [-0.25, -0.2) is 4.79 Å². The first kappa shape index (κ1) is 12.7. The molecule has 0 aromatic heterocycles. The van der Waals surface area contributed by atoms with Gasteiger partial charge in [-0.3, -0.25) is 4.79 Å². The van der Waals surface area contributed by atoms with E-state index in [1.165, 1.54) is 0 Å². The van der Waals surface area contributed by atoms with Gasteiger partial charge < -0.3 is 21.5 Å². The Kier molecular flexibility index (Phi) is 6.47. The van der Waals surface area contributed by atoms with Gasteiger partial charge in [0.25, 0.3) is 0 Å². The van der Waals surface area contributed by atoms with E-state index in [2.05, 4.69) is 10.1 Å². The molecule has 82 valence electrons. The summed E-state index contributed by atoms with van der Waals surface area (Å²) in [6.45, 7) is 2.64. The van der Waals surface area contributed by atoms with Crippen LogP contribution >= 0.6 is 0 Å². The lowest BCUT2D eigenvalue weighted by Crippen LogP contribution is -2.33. The van der Waals surface area contributed by atoms with Crippen LogP contribution in [0.1, 0.15) is 13.3 Å². The van der Waals surface area contributed by atoms with Crippen molar-refractivity contribution in [2.75, 3.05) is 19.7 Å². The van der Waals surface area contributed by atoms with Crippen molar-refractivity contribution in [2.45, 2.75) is 13.3 Å². The summed E-state index contributed by atoms with van der Waals surface area (Å²) in [6.07, 6.45) is -0.197. The van der Waals surface area contributed by atoms with Gasteiger partial charge in [0.1, 0.15) is 6.61 Å². The first-order chi connectivity index (χ1) is 6.57. The minimum absolute atomic E-state index is 0.0937. The van der Waals surface area contributed by atoms with Crippen molar-refractivity contribution in [2.24, 2.45) is 17.4 Å². The normalized spacial score (nSPS) is 11.9. The third kappa shape index (κ3) is 6.24. The number of nitrogens with one attached hydrogen (secondary N) is 1. The average molecular weight is 203 g/mol. The Balaban J connectivity index is 3.48. The number of hydrogen-bond donors (Lipinski definition) is 3. The molecule has 6 nitrogen and oxygen atoms in total. The average Bonchev–Trinajstić information content (AvgIpc) is 2.12. The summed E-state index contributed by atoms with van der Waals surface area (Å²) < 4.78 is 4.43. The topological polar surface area (TPSA) is 107 Å². The molecule has 0 aliphatic carbocycles. The number of ether oxygens (including phenoxy) is 1. The SMILES string of the molecule is CC(CCN)C(=O)NCCOC(N)=O. The van der Waals surface area contributed by atoms with Crippen LogP contribution in [0, 0.1) is 5.92 Å². The van der Waals surface area contributed by atoms with Crippen LogP contribution in [0.3, 0.4) is 0 Å². The summed E-state index contributed by atoms with van der Waals surface area (Å²) >= 11 is 0. The molecule has 2 amide bonds. The summed E-state index contributed by atoms with van der Waals surface area (Å²) in [6, 6.07) is 0. The molecule has 0 rings (SSSR count). The first-order valence-corrected chi connectivity index (χ1v) is 4.48. The Hall–Kier alpha value is -1.30. The second-order valence-electron chi connectivity index (χ2n) is 2.94. The van der Waals surface area contributed by atoms with Gasteiger partial charge >= 0.3 is 6.09 Å². The highest BCUT2D eigenvalue weighted by Gasteiger charge is 2.10. The fraction of sp³-hybridized carbons (Fsp3) is 0.750. The number of hydrogen-bond acceptors (Lipinski definition) is 4. The van der Waals surface area contributed by atoms with Gasteiger partial charge in [-0.2, -0.15) is 0 Å². The van der Waals surface area contributed by atoms with E-state index in [9.17, 15) is 9.59 Å². The minimum Gasteiger partial charge on any atom is -0.448 e. The number of primary amides is 1. The van der Waals surface area contributed by atoms with Gasteiger partial charge in [0.05, 0.1) is 6.54 Å². The van der Waals surface area contributed by atoms with Crippen LogP contribution in [0.4, 0.5) is 4.79 Å². The maximum Gasteiger partial charge on any atom is 0.404 e. The molecule has 6 heteroatoms. The predicted octanol–water partition coefficient (Wildman–Crippen LogP) is -0.817. The van der Waals surface area contributed by atoms with Crippen LogP contribution in [-0.4, -0.2) is 31.7 Å². The summed E-state index contributed by atoms with van der Waals surface area (Å²) in [5.74, 6) is -0.211. The van der Waals surface area contributed by atoms with Crippen LogP contribution in [0.25, 0.3) is 0 Å². The molecule has 0 aromatic rings. The van der Waals surface area contributed by atoms with E-state index in [1.54, 1.807) is 6.92 Å². The molecular formula is C8H17N3O3. The Morgan fingerprint density at radius 2 is 2.14 bits per heavy atom. The van der Waals surface area contributed by atoms with E-state index in [-0.39, 0.29) is 25.0 Å². The molecule has 0 aromatic carbocycles. The van der Waals surface area contributed by atoms with E-state index in [1.807, 2.05) is 0 Å². The van der Waals surface area contributed by atoms with Crippen molar-refractivity contribution in [3.63, 3.8) is 0 Å². The summed E-state index contributed by atoms with van der Waals surface area (Å²) in [7, 11) is 0. The maximum absolute atomic E-state index is 11.2. The van der Waals surface area contributed by atoms with E-state index in [4.69, 9.17) is 11.5 Å². The van der Waals surface area contributed by atoms with Gasteiger partial charge in [0, 0.05) is 5.92 Å². The zero-order chi connectivity index (χ0) is 11.0. The van der Waals surface area contributed by atoms with Crippen molar-refractivity contribution in [1.29, 1.82) is 0 Å². The highest BCUT2D eigenvalue weighted by molar-refractivity contribution is 5.78. The molecule has 0 saturated heterocycles. The van der Waals surface area contributed by atoms with Gasteiger partial charge in [-0.1, -0.05) is 6.92 Å². The van der Waals surface area contributed by atoms with Crippen molar-refractivity contribution in [3.8, 4) is 0 Å². The monoisotopic (exact) mass is 203 g/mol. The number of amides is 2. The number of nitrogens with two attached hydrogens (primary N) is 2. The Labute approximate surface area is 83.0 Å². The highest BCUT2D eigenvalue weighted by Crippen LogP contribution is 1.98. The van der Waals surface area contributed by atoms with Crippen molar-refractivity contribution < 1.29 is 14.3 Å². The second-order valence-corrected chi connectivity index (χ2v) is 2.94. The lowest BCUT2D eigenvalue weighted by molar-refractivity contribution is -0.124. The van der Waals surface area contributed by atoms with Gasteiger partial charge in [-0.15, -0.1) is 0 Å². The van der Waals surface area contributed by atoms with Crippen LogP contribution in [-0.2, 0) is 9.53 Å². The summed E-state index contributed by atoms with van der Waals surface area (Å²) in [5, 5.41) is 2.60. The number of carbonyl (C=O) groups excluding carboxylic acids is 2. The molecule has 0 saturated carbocycles. The highest BCUT2D eigenvalue weighted by atomic mass is 16.5. The molecule has 1 atom stereocenters. The van der Waals surface area contributed by atoms with Gasteiger partial charge in [0.2, 0.25) is 5.91 Å². The van der Waals surface area contributed by atoms with Crippen molar-refractivity contribution >= 4 is 12.0 Å². The fourth-order valence-electron chi connectivity index (χ4n) is 0.881. The third-order valence-electron chi connectivity index (χ3n) is 1.69. The third-order valence-corrected chi connectivity index (χ3v) is 1.69. The molecule has 0 bridgehead atoms. The zero-order valence-corrected chi connectivity index (χ0v) is 8.29. The lowest BCUT2D eigenvalue weighted by atomic mass is 10.1. The molecule has 0 aliphatic heterocycles. The second kappa shape index (κ2) is 7.14. The number of carbonyl (C=O) groups is 2. The molecule has 14 heavy (non-hydrogen) atoms. The molecular weight excluding hydrogens is 186 g/mol. The van der Waals surface area contributed by atoms with Crippen molar-refractivity contribution in [3.05, 3.63) is 0 Å². The Morgan fingerprint density at radius 1 is 1.50 bits per heavy atom. The van der Waals surface area contributed by atoms with Crippen LogP contribution in [0.2, 0.25) is 0 Å². The lowest BCUT2D eigenvalue weighted by Gasteiger charge is -2.10. The fourth-order valence-corrected chi connectivity index (χ4v) is 0.881. The molecule has 1 unspecified atom stereocenters. The zero-order valence-electron chi connectivity index (χ0n) is 8.29. The quantitative estimate of drug-likeness (QED) is 0.490. The minimum atomic E-state index is -0.839. The van der Waals surface area contributed by atoms with E-state index in [0.717, 1.165) is 0 Å². The van der Waals surface area contributed by atoms with Crippen LogP contribution in [0.5, 0.6) is 0 Å². The first-order valence-electron chi connectivity index (χ1n) is 4.48. The molecule has 5 N–H and O–H groups in total. The van der Waals surface area contributed by atoms with E-state index in [0.29, 0.717) is 13.0 Å². The smallest absolute Gasteiger partial charge is 0.404 e. The molecule has 0 heterocycles. The van der Waals surface area contributed by atoms with Crippen molar-refractivity contribution in [1.82, 2.24) is 5.32 Å². The van der Waals surface area contributed by atoms with E-state index >= 15 is 0 Å². The Morgan fingerprint density at radius 3 is 2.64 bits per heavy atom. The number of rotatable bonds is 6. The summed E-state index contributed by atoms with van der Waals surface area (Å²) in [5.41, 5.74) is 10.0.